The number of rotatable bonds is 3. The van der Waals surface area contributed by atoms with Crippen molar-refractivity contribution in [2.45, 2.75) is 12.8 Å². The van der Waals surface area contributed by atoms with Gasteiger partial charge in [-0.3, -0.25) is 9.78 Å². The molecule has 3 heteroatoms. The van der Waals surface area contributed by atoms with Gasteiger partial charge in [0.25, 0.3) is 5.91 Å². The molecule has 0 spiro atoms. The maximum absolute atomic E-state index is 12.4. The van der Waals surface area contributed by atoms with Crippen LogP contribution in [0.1, 0.15) is 38.2 Å². The minimum atomic E-state index is -0.139. The molecule has 3 aromatic carbocycles. The van der Waals surface area contributed by atoms with E-state index >= 15 is 0 Å². The van der Waals surface area contributed by atoms with Crippen LogP contribution >= 0.6 is 0 Å². The maximum Gasteiger partial charge on any atom is 0.255 e. The molecule has 1 heterocycles. The van der Waals surface area contributed by atoms with Gasteiger partial charge in [-0.15, -0.1) is 0 Å². The Kier molecular flexibility index (Phi) is 5.16. The number of amides is 1. The molecule has 0 saturated carbocycles. The van der Waals surface area contributed by atoms with Crippen molar-refractivity contribution in [3.63, 3.8) is 0 Å². The first-order valence-electron chi connectivity index (χ1n) is 10.5. The van der Waals surface area contributed by atoms with Gasteiger partial charge in [0.15, 0.2) is 0 Å². The largest absolute Gasteiger partial charge is 0.322 e. The molecule has 0 saturated heterocycles. The number of pyridine rings is 1. The smallest absolute Gasteiger partial charge is 0.255 e. The predicted molar refractivity (Wildman–Crippen MR) is 126 cm³/mol. The number of carbonyl (C=O) groups is 1. The highest BCUT2D eigenvalue weighted by atomic mass is 16.1. The minimum Gasteiger partial charge on any atom is -0.322 e. The average molecular weight is 402 g/mol. The Hall–Kier alpha value is -3.98. The van der Waals surface area contributed by atoms with E-state index in [1.54, 1.807) is 24.5 Å². The summed E-state index contributed by atoms with van der Waals surface area (Å²) in [7, 11) is 0. The number of fused-ring (bicyclic) bond motifs is 2. The molecule has 0 aliphatic heterocycles. The summed E-state index contributed by atoms with van der Waals surface area (Å²) in [6.07, 6.45) is 7.58. The lowest BCUT2D eigenvalue weighted by Crippen LogP contribution is -2.11. The second kappa shape index (κ2) is 8.41. The molecule has 4 aromatic rings. The number of hydrogen-bond acceptors (Lipinski definition) is 2. The van der Waals surface area contributed by atoms with Gasteiger partial charge in [-0.1, -0.05) is 60.7 Å². The molecular weight excluding hydrogens is 380 g/mol. The average Bonchev–Trinajstić information content (AvgIpc) is 2.98. The van der Waals surface area contributed by atoms with E-state index in [1.165, 1.54) is 27.8 Å². The van der Waals surface area contributed by atoms with Gasteiger partial charge in [0.1, 0.15) is 0 Å². The number of hydrogen-bond donors (Lipinski definition) is 1. The monoisotopic (exact) mass is 402 g/mol. The van der Waals surface area contributed by atoms with Gasteiger partial charge in [-0.25, -0.2) is 0 Å². The van der Waals surface area contributed by atoms with Crippen molar-refractivity contribution in [2.24, 2.45) is 0 Å². The van der Waals surface area contributed by atoms with Crippen LogP contribution in [-0.2, 0) is 12.8 Å². The highest BCUT2D eigenvalue weighted by Crippen LogP contribution is 2.34. The molecule has 5 rings (SSSR count). The normalized spacial score (nSPS) is 12.3. The Morgan fingerprint density at radius 2 is 1.32 bits per heavy atom. The number of aromatic nitrogens is 1. The molecule has 1 N–H and O–H groups in total. The van der Waals surface area contributed by atoms with Crippen molar-refractivity contribution in [3.8, 4) is 0 Å². The van der Waals surface area contributed by atoms with Crippen LogP contribution in [0.4, 0.5) is 5.69 Å². The van der Waals surface area contributed by atoms with Crippen LogP contribution in [0.25, 0.3) is 11.6 Å². The van der Waals surface area contributed by atoms with E-state index in [9.17, 15) is 4.79 Å². The summed E-state index contributed by atoms with van der Waals surface area (Å²) in [5.74, 6) is -0.139. The molecule has 0 bridgehead atoms. The van der Waals surface area contributed by atoms with E-state index in [0.717, 1.165) is 24.1 Å². The van der Waals surface area contributed by atoms with Gasteiger partial charge in [0, 0.05) is 23.6 Å². The third-order valence-corrected chi connectivity index (χ3v) is 5.70. The lowest BCUT2D eigenvalue weighted by atomic mass is 9.92. The standard InChI is InChI=1S/C28H22N2O/c31-28(23-15-17-29-18-16-23)30-24-13-9-20(10-14-24)19-27-25-7-3-1-5-21(25)11-12-22-6-2-4-8-26(22)27/h1-10,13-19H,11-12H2,(H,30,31). The van der Waals surface area contributed by atoms with Crippen molar-refractivity contribution in [2.75, 3.05) is 5.32 Å². The molecule has 3 nitrogen and oxygen atoms in total. The second-order valence-electron chi connectivity index (χ2n) is 7.68. The quantitative estimate of drug-likeness (QED) is 0.455. The summed E-state index contributed by atoms with van der Waals surface area (Å²) < 4.78 is 0. The summed E-state index contributed by atoms with van der Waals surface area (Å²) in [5.41, 5.74) is 9.06. The molecule has 1 aromatic heterocycles. The first-order chi connectivity index (χ1) is 15.3. The van der Waals surface area contributed by atoms with Gasteiger partial charge in [-0.2, -0.15) is 0 Å². The van der Waals surface area contributed by atoms with Crippen molar-refractivity contribution < 1.29 is 4.79 Å². The van der Waals surface area contributed by atoms with Crippen molar-refractivity contribution in [3.05, 3.63) is 131 Å². The summed E-state index contributed by atoms with van der Waals surface area (Å²) in [4.78, 5) is 16.3. The van der Waals surface area contributed by atoms with E-state index in [0.29, 0.717) is 5.56 Å². The van der Waals surface area contributed by atoms with Gasteiger partial charge in [-0.05, 0) is 76.6 Å². The third kappa shape index (κ3) is 4.03. The number of carbonyl (C=O) groups excluding carboxylic acids is 1. The van der Waals surface area contributed by atoms with Crippen LogP contribution in [0.5, 0.6) is 0 Å². The van der Waals surface area contributed by atoms with E-state index in [2.05, 4.69) is 64.9 Å². The second-order valence-corrected chi connectivity index (χ2v) is 7.68. The SMILES string of the molecule is O=C(Nc1ccc(C=C2c3ccccc3CCc3ccccc32)cc1)c1ccncc1. The first-order valence-corrected chi connectivity index (χ1v) is 10.5. The molecule has 150 valence electrons. The lowest BCUT2D eigenvalue weighted by molar-refractivity contribution is 0.102. The summed E-state index contributed by atoms with van der Waals surface area (Å²) in [5, 5.41) is 2.94. The van der Waals surface area contributed by atoms with E-state index in [-0.39, 0.29) is 5.91 Å². The highest BCUT2D eigenvalue weighted by molar-refractivity contribution is 6.04. The number of benzene rings is 3. The zero-order valence-electron chi connectivity index (χ0n) is 17.1. The molecule has 0 unspecified atom stereocenters. The fourth-order valence-electron chi connectivity index (χ4n) is 4.11. The van der Waals surface area contributed by atoms with Crippen LogP contribution in [0.3, 0.4) is 0 Å². The molecule has 31 heavy (non-hydrogen) atoms. The molecule has 1 aliphatic rings. The first kappa shape index (κ1) is 19.0. The summed E-state index contributed by atoms with van der Waals surface area (Å²) in [6.45, 7) is 0. The zero-order chi connectivity index (χ0) is 21.0. The van der Waals surface area contributed by atoms with Gasteiger partial charge < -0.3 is 5.32 Å². The summed E-state index contributed by atoms with van der Waals surface area (Å²) in [6, 6.07) is 28.7. The molecule has 0 atom stereocenters. The van der Waals surface area contributed by atoms with Crippen LogP contribution in [0.15, 0.2) is 97.3 Å². The number of nitrogens with zero attached hydrogens (tertiary/aromatic N) is 1. The maximum atomic E-state index is 12.4. The van der Waals surface area contributed by atoms with Crippen LogP contribution in [-0.4, -0.2) is 10.9 Å². The van der Waals surface area contributed by atoms with Crippen LogP contribution in [0.2, 0.25) is 0 Å². The fourth-order valence-corrected chi connectivity index (χ4v) is 4.11. The third-order valence-electron chi connectivity index (χ3n) is 5.70. The summed E-state index contributed by atoms with van der Waals surface area (Å²) >= 11 is 0. The van der Waals surface area contributed by atoms with Crippen molar-refractivity contribution >= 4 is 23.2 Å². The van der Waals surface area contributed by atoms with Crippen LogP contribution in [0, 0.1) is 0 Å². The van der Waals surface area contributed by atoms with Crippen molar-refractivity contribution in [1.29, 1.82) is 0 Å². The van der Waals surface area contributed by atoms with E-state index < -0.39 is 0 Å². The number of nitrogens with one attached hydrogen (secondary N) is 1. The van der Waals surface area contributed by atoms with Gasteiger partial charge in [0.05, 0.1) is 0 Å². The van der Waals surface area contributed by atoms with Gasteiger partial charge in [0.2, 0.25) is 0 Å². The van der Waals surface area contributed by atoms with Crippen molar-refractivity contribution in [1.82, 2.24) is 4.98 Å². The Morgan fingerprint density at radius 3 is 1.94 bits per heavy atom. The van der Waals surface area contributed by atoms with Crippen LogP contribution < -0.4 is 5.32 Å². The van der Waals surface area contributed by atoms with Gasteiger partial charge >= 0.3 is 0 Å². The van der Waals surface area contributed by atoms with E-state index in [1.807, 2.05) is 24.3 Å². The Morgan fingerprint density at radius 1 is 0.742 bits per heavy atom. The van der Waals surface area contributed by atoms with E-state index in [4.69, 9.17) is 0 Å². The Balaban J connectivity index is 1.47. The highest BCUT2D eigenvalue weighted by Gasteiger charge is 2.17. The topological polar surface area (TPSA) is 42.0 Å². The Labute approximate surface area is 182 Å². The fraction of sp³-hybridized carbons (Fsp3) is 0.0714. The molecular formula is C28H22N2O. The molecule has 1 amide bonds. The number of anilines is 1. The predicted octanol–water partition coefficient (Wildman–Crippen LogP) is 6.02. The zero-order valence-corrected chi connectivity index (χ0v) is 17.1. The number of aryl methyl sites for hydroxylation is 2. The minimum absolute atomic E-state index is 0.139. The molecule has 0 radical (unpaired) electrons. The lowest BCUT2D eigenvalue weighted by Gasteiger charge is -2.12. The Bertz CT molecular complexity index is 1210. The molecule has 1 aliphatic carbocycles. The molecule has 0 fully saturated rings.